The minimum absolute atomic E-state index is 0.0115. The molecule has 1 aromatic rings. The van der Waals surface area contributed by atoms with Gasteiger partial charge in [-0.2, -0.15) is 0 Å². The Balaban J connectivity index is 2.60. The highest BCUT2D eigenvalue weighted by Crippen LogP contribution is 2.28. The lowest BCUT2D eigenvalue weighted by molar-refractivity contribution is -0.129. The number of rotatable bonds is 5. The number of benzene rings is 1. The van der Waals surface area contributed by atoms with E-state index in [4.69, 9.17) is 21.4 Å². The third-order valence-electron chi connectivity index (χ3n) is 2.28. The summed E-state index contributed by atoms with van der Waals surface area (Å²) in [6.45, 7) is 0.102. The highest BCUT2D eigenvalue weighted by Gasteiger charge is 2.09. The second-order valence-electron chi connectivity index (χ2n) is 3.77. The molecule has 0 unspecified atom stereocenters. The first kappa shape index (κ1) is 13.8. The number of carbonyl (C=O) groups is 1. The molecule has 0 aliphatic carbocycles. The zero-order valence-electron chi connectivity index (χ0n) is 9.94. The molecule has 0 saturated heterocycles. The van der Waals surface area contributed by atoms with Gasteiger partial charge in [0.1, 0.15) is 5.75 Å². The molecular formula is C12H16ClNO3. The molecule has 0 fully saturated rings. The highest BCUT2D eigenvalue weighted by atomic mass is 35.5. The summed E-state index contributed by atoms with van der Waals surface area (Å²) in [5.74, 6) is 0.436. The summed E-state index contributed by atoms with van der Waals surface area (Å²) in [6.07, 6.45) is 0.281. The van der Waals surface area contributed by atoms with Gasteiger partial charge in [0.25, 0.3) is 0 Å². The number of amides is 1. The van der Waals surface area contributed by atoms with Crippen molar-refractivity contribution in [1.82, 2.24) is 4.90 Å². The van der Waals surface area contributed by atoms with Gasteiger partial charge in [-0.1, -0.05) is 23.7 Å². The van der Waals surface area contributed by atoms with Gasteiger partial charge in [-0.05, 0) is 6.07 Å². The van der Waals surface area contributed by atoms with Crippen molar-refractivity contribution in [2.75, 3.05) is 20.7 Å². The Hall–Kier alpha value is -1.26. The minimum Gasteiger partial charge on any atom is -0.491 e. The van der Waals surface area contributed by atoms with Gasteiger partial charge in [-0.15, -0.1) is 0 Å². The van der Waals surface area contributed by atoms with E-state index in [0.717, 1.165) is 0 Å². The first-order valence-electron chi connectivity index (χ1n) is 5.27. The zero-order chi connectivity index (χ0) is 12.8. The molecule has 0 saturated carbocycles. The molecule has 1 rings (SSSR count). The largest absolute Gasteiger partial charge is 0.491 e. The molecule has 1 aromatic carbocycles. The van der Waals surface area contributed by atoms with Crippen molar-refractivity contribution < 1.29 is 14.6 Å². The third-order valence-corrected chi connectivity index (χ3v) is 2.58. The first-order chi connectivity index (χ1) is 8.06. The van der Waals surface area contributed by atoms with E-state index < -0.39 is 0 Å². The lowest BCUT2D eigenvalue weighted by atomic mass is 10.2. The molecule has 1 N–H and O–H groups in total. The van der Waals surface area contributed by atoms with Gasteiger partial charge in [0, 0.05) is 19.7 Å². The first-order valence-corrected chi connectivity index (χ1v) is 5.65. The van der Waals surface area contributed by atoms with E-state index >= 15 is 0 Å². The fourth-order valence-electron chi connectivity index (χ4n) is 1.30. The summed E-state index contributed by atoms with van der Waals surface area (Å²) in [5, 5.41) is 9.56. The van der Waals surface area contributed by atoms with Crippen LogP contribution in [-0.2, 0) is 11.4 Å². The van der Waals surface area contributed by atoms with Crippen LogP contribution in [0.4, 0.5) is 0 Å². The summed E-state index contributed by atoms with van der Waals surface area (Å²) in [5.41, 5.74) is 0.620. The Labute approximate surface area is 106 Å². The molecule has 5 heteroatoms. The van der Waals surface area contributed by atoms with Crippen LogP contribution in [0, 0.1) is 0 Å². The van der Waals surface area contributed by atoms with Crippen molar-refractivity contribution in [3.8, 4) is 5.75 Å². The van der Waals surface area contributed by atoms with Crippen LogP contribution in [0.3, 0.4) is 0 Å². The highest BCUT2D eigenvalue weighted by molar-refractivity contribution is 6.32. The van der Waals surface area contributed by atoms with Crippen LogP contribution in [0.2, 0.25) is 5.02 Å². The van der Waals surface area contributed by atoms with Crippen LogP contribution >= 0.6 is 11.6 Å². The molecule has 0 radical (unpaired) electrons. The van der Waals surface area contributed by atoms with Crippen LogP contribution < -0.4 is 4.74 Å². The number of hydrogen-bond acceptors (Lipinski definition) is 3. The number of carbonyl (C=O) groups excluding carboxylic acids is 1. The molecule has 0 bridgehead atoms. The maximum Gasteiger partial charge on any atom is 0.225 e. The molecule has 94 valence electrons. The second kappa shape index (κ2) is 6.47. The van der Waals surface area contributed by atoms with E-state index in [1.165, 1.54) is 4.90 Å². The predicted molar refractivity (Wildman–Crippen MR) is 66.2 cm³/mol. The van der Waals surface area contributed by atoms with E-state index in [0.29, 0.717) is 16.3 Å². The topological polar surface area (TPSA) is 49.8 Å². The van der Waals surface area contributed by atoms with Crippen molar-refractivity contribution >= 4 is 17.5 Å². The van der Waals surface area contributed by atoms with Gasteiger partial charge in [-0.3, -0.25) is 4.79 Å². The van der Waals surface area contributed by atoms with E-state index in [2.05, 4.69) is 0 Å². The average molecular weight is 258 g/mol. The third kappa shape index (κ3) is 3.91. The van der Waals surface area contributed by atoms with Gasteiger partial charge in [0.05, 0.1) is 24.7 Å². The van der Waals surface area contributed by atoms with Crippen LogP contribution in [0.25, 0.3) is 0 Å². The Morgan fingerprint density at radius 2 is 2.18 bits per heavy atom. The molecule has 17 heavy (non-hydrogen) atoms. The summed E-state index contributed by atoms with van der Waals surface area (Å²) in [4.78, 5) is 12.8. The molecule has 0 aliphatic heterocycles. The fraction of sp³-hybridized carbons (Fsp3) is 0.417. The summed E-state index contributed by atoms with van der Waals surface area (Å²) in [6, 6.07) is 5.16. The predicted octanol–water partition coefficient (Wildman–Crippen LogP) is 1.69. The van der Waals surface area contributed by atoms with Crippen molar-refractivity contribution in [1.29, 1.82) is 0 Å². The fourth-order valence-corrected chi connectivity index (χ4v) is 1.55. The van der Waals surface area contributed by atoms with E-state index in [1.54, 1.807) is 32.3 Å². The standard InChI is InChI=1S/C12H16ClNO3/c1-14(2)11(16)6-7-17-12-9(8-15)4-3-5-10(12)13/h3-5,15H,6-8H2,1-2H3. The molecule has 0 heterocycles. The van der Waals surface area contributed by atoms with Crippen LogP contribution in [0.5, 0.6) is 5.75 Å². The average Bonchev–Trinajstić information content (AvgIpc) is 2.30. The van der Waals surface area contributed by atoms with Crippen molar-refractivity contribution in [2.24, 2.45) is 0 Å². The lowest BCUT2D eigenvalue weighted by Crippen LogP contribution is -2.23. The van der Waals surface area contributed by atoms with Gasteiger partial charge in [-0.25, -0.2) is 0 Å². The molecule has 4 nitrogen and oxygen atoms in total. The number of hydrogen-bond donors (Lipinski definition) is 1. The van der Waals surface area contributed by atoms with E-state index in [9.17, 15) is 4.79 Å². The maximum atomic E-state index is 11.3. The van der Waals surface area contributed by atoms with Gasteiger partial charge in [0.2, 0.25) is 5.91 Å². The monoisotopic (exact) mass is 257 g/mol. The van der Waals surface area contributed by atoms with Gasteiger partial charge < -0.3 is 14.7 Å². The van der Waals surface area contributed by atoms with Crippen molar-refractivity contribution in [2.45, 2.75) is 13.0 Å². The summed E-state index contributed by atoms with van der Waals surface area (Å²) >= 11 is 5.95. The normalized spacial score (nSPS) is 10.1. The number of halogens is 1. The number of aliphatic hydroxyl groups is 1. The number of aliphatic hydroxyl groups excluding tert-OH is 1. The maximum absolute atomic E-state index is 11.3. The van der Waals surface area contributed by atoms with E-state index in [1.807, 2.05) is 0 Å². The van der Waals surface area contributed by atoms with Gasteiger partial charge in [0.15, 0.2) is 0 Å². The van der Waals surface area contributed by atoms with Crippen molar-refractivity contribution in [3.63, 3.8) is 0 Å². The van der Waals surface area contributed by atoms with Crippen LogP contribution in [-0.4, -0.2) is 36.6 Å². The van der Waals surface area contributed by atoms with E-state index in [-0.39, 0.29) is 25.5 Å². The Morgan fingerprint density at radius 3 is 2.76 bits per heavy atom. The molecule has 0 spiro atoms. The SMILES string of the molecule is CN(C)C(=O)CCOc1c(Cl)cccc1CO. The Morgan fingerprint density at radius 1 is 1.47 bits per heavy atom. The van der Waals surface area contributed by atoms with Crippen LogP contribution in [0.15, 0.2) is 18.2 Å². The lowest BCUT2D eigenvalue weighted by Gasteiger charge is -2.13. The smallest absolute Gasteiger partial charge is 0.225 e. The number of para-hydroxylation sites is 1. The van der Waals surface area contributed by atoms with Crippen molar-refractivity contribution in [3.05, 3.63) is 28.8 Å². The van der Waals surface area contributed by atoms with Crippen LogP contribution in [0.1, 0.15) is 12.0 Å². The molecule has 0 atom stereocenters. The molecular weight excluding hydrogens is 242 g/mol. The zero-order valence-corrected chi connectivity index (χ0v) is 10.7. The molecule has 1 amide bonds. The second-order valence-corrected chi connectivity index (χ2v) is 4.18. The summed E-state index contributed by atoms with van der Waals surface area (Å²) in [7, 11) is 3.38. The quantitative estimate of drug-likeness (QED) is 0.873. The van der Waals surface area contributed by atoms with Gasteiger partial charge >= 0.3 is 0 Å². The minimum atomic E-state index is -0.141. The Kier molecular flexibility index (Phi) is 5.25. The number of nitrogens with zero attached hydrogens (tertiary/aromatic N) is 1. The molecule has 0 aromatic heterocycles. The molecule has 0 aliphatic rings. The number of ether oxygens (including phenoxy) is 1. The Bertz CT molecular complexity index is 393. The summed E-state index contributed by atoms with van der Waals surface area (Å²) < 4.78 is 5.44.